The highest BCUT2D eigenvalue weighted by Crippen LogP contribution is 2.15. The minimum Gasteiger partial charge on any atom is -0.497 e. The zero-order valence-electron chi connectivity index (χ0n) is 10.9. The normalized spacial score (nSPS) is 10.1. The predicted molar refractivity (Wildman–Crippen MR) is 76.4 cm³/mol. The first-order valence-corrected chi connectivity index (χ1v) is 6.21. The number of methoxy groups -OCH3 is 1. The maximum atomic E-state index is 5.13. The maximum Gasteiger partial charge on any atom is 0.119 e. The van der Waals surface area contributed by atoms with Crippen LogP contribution in [0.5, 0.6) is 5.75 Å². The third-order valence-corrected chi connectivity index (χ3v) is 2.95. The molecule has 0 aliphatic heterocycles. The monoisotopic (exact) mass is 241 g/mol. The lowest BCUT2D eigenvalue weighted by Crippen LogP contribution is -2.04. The summed E-state index contributed by atoms with van der Waals surface area (Å²) in [6, 6.07) is 16.7. The molecule has 0 aliphatic rings. The van der Waals surface area contributed by atoms with Gasteiger partial charge in [0.2, 0.25) is 0 Å². The minimum atomic E-state index is 0.888. The SMILES string of the molecule is COc1ccc(NCCc2ccc(C)cc2)cc1. The van der Waals surface area contributed by atoms with Crippen LogP contribution in [0.15, 0.2) is 48.5 Å². The third-order valence-electron chi connectivity index (χ3n) is 2.95. The van der Waals surface area contributed by atoms with E-state index in [0.717, 1.165) is 24.4 Å². The zero-order valence-corrected chi connectivity index (χ0v) is 10.9. The van der Waals surface area contributed by atoms with Crippen molar-refractivity contribution >= 4 is 5.69 Å². The molecule has 0 saturated carbocycles. The van der Waals surface area contributed by atoms with E-state index in [2.05, 4.69) is 36.5 Å². The molecule has 0 unspecified atom stereocenters. The largest absolute Gasteiger partial charge is 0.497 e. The average molecular weight is 241 g/mol. The molecule has 0 saturated heterocycles. The number of ether oxygens (including phenoxy) is 1. The molecular formula is C16H19NO. The van der Waals surface area contributed by atoms with Gasteiger partial charge in [-0.05, 0) is 43.2 Å². The molecule has 1 N–H and O–H groups in total. The van der Waals surface area contributed by atoms with Crippen molar-refractivity contribution in [3.8, 4) is 5.75 Å². The second-order valence-electron chi connectivity index (χ2n) is 4.39. The van der Waals surface area contributed by atoms with Crippen molar-refractivity contribution in [2.24, 2.45) is 0 Å². The van der Waals surface area contributed by atoms with Gasteiger partial charge >= 0.3 is 0 Å². The molecule has 0 atom stereocenters. The van der Waals surface area contributed by atoms with Crippen molar-refractivity contribution in [2.75, 3.05) is 19.0 Å². The fraction of sp³-hybridized carbons (Fsp3) is 0.250. The summed E-state index contributed by atoms with van der Waals surface area (Å²) < 4.78 is 5.13. The minimum absolute atomic E-state index is 0.888. The van der Waals surface area contributed by atoms with Crippen LogP contribution in [-0.4, -0.2) is 13.7 Å². The highest BCUT2D eigenvalue weighted by molar-refractivity contribution is 5.46. The van der Waals surface area contributed by atoms with Crippen molar-refractivity contribution in [1.82, 2.24) is 0 Å². The number of rotatable bonds is 5. The smallest absolute Gasteiger partial charge is 0.119 e. The van der Waals surface area contributed by atoms with Gasteiger partial charge in [0.05, 0.1) is 7.11 Å². The van der Waals surface area contributed by atoms with Gasteiger partial charge in [0.15, 0.2) is 0 Å². The Balaban J connectivity index is 1.82. The molecule has 0 aliphatic carbocycles. The molecular weight excluding hydrogens is 222 g/mol. The summed E-state index contributed by atoms with van der Waals surface area (Å²) in [7, 11) is 1.68. The number of hydrogen-bond acceptors (Lipinski definition) is 2. The molecule has 0 amide bonds. The van der Waals surface area contributed by atoms with E-state index in [1.807, 2.05) is 24.3 Å². The summed E-state index contributed by atoms with van der Waals surface area (Å²) >= 11 is 0. The van der Waals surface area contributed by atoms with Crippen LogP contribution in [0.25, 0.3) is 0 Å². The van der Waals surface area contributed by atoms with Crippen LogP contribution in [0.4, 0.5) is 5.69 Å². The highest BCUT2D eigenvalue weighted by atomic mass is 16.5. The molecule has 2 aromatic carbocycles. The van der Waals surface area contributed by atoms with E-state index in [-0.39, 0.29) is 0 Å². The summed E-state index contributed by atoms with van der Waals surface area (Å²) in [5.74, 6) is 0.888. The van der Waals surface area contributed by atoms with E-state index < -0.39 is 0 Å². The van der Waals surface area contributed by atoms with E-state index in [9.17, 15) is 0 Å². The molecule has 2 heteroatoms. The van der Waals surface area contributed by atoms with Crippen molar-refractivity contribution in [1.29, 1.82) is 0 Å². The topological polar surface area (TPSA) is 21.3 Å². The van der Waals surface area contributed by atoms with E-state index in [1.165, 1.54) is 11.1 Å². The lowest BCUT2D eigenvalue weighted by atomic mass is 10.1. The quantitative estimate of drug-likeness (QED) is 0.862. The number of nitrogens with one attached hydrogen (secondary N) is 1. The molecule has 18 heavy (non-hydrogen) atoms. The first-order valence-electron chi connectivity index (χ1n) is 6.21. The standard InChI is InChI=1S/C16H19NO/c1-13-3-5-14(6-4-13)11-12-17-15-7-9-16(18-2)10-8-15/h3-10,17H,11-12H2,1-2H3. The fourth-order valence-electron chi connectivity index (χ4n) is 1.81. The van der Waals surface area contributed by atoms with Crippen molar-refractivity contribution in [3.63, 3.8) is 0 Å². The number of hydrogen-bond donors (Lipinski definition) is 1. The first kappa shape index (κ1) is 12.5. The van der Waals surface area contributed by atoms with Gasteiger partial charge in [-0.3, -0.25) is 0 Å². The molecule has 0 radical (unpaired) electrons. The van der Waals surface area contributed by atoms with Crippen LogP contribution >= 0.6 is 0 Å². The number of aryl methyl sites for hydroxylation is 1. The Labute approximate surface area is 109 Å². The molecule has 2 aromatic rings. The summed E-state index contributed by atoms with van der Waals surface area (Å²) in [4.78, 5) is 0. The lowest BCUT2D eigenvalue weighted by molar-refractivity contribution is 0.415. The molecule has 0 aromatic heterocycles. The Morgan fingerprint density at radius 1 is 0.944 bits per heavy atom. The van der Waals surface area contributed by atoms with Gasteiger partial charge in [0.25, 0.3) is 0 Å². The number of benzene rings is 2. The van der Waals surface area contributed by atoms with Crippen molar-refractivity contribution in [2.45, 2.75) is 13.3 Å². The molecule has 94 valence electrons. The van der Waals surface area contributed by atoms with Crippen molar-refractivity contribution < 1.29 is 4.74 Å². The van der Waals surface area contributed by atoms with Gasteiger partial charge in [0.1, 0.15) is 5.75 Å². The molecule has 0 bridgehead atoms. The first-order chi connectivity index (χ1) is 8.78. The second kappa shape index (κ2) is 6.10. The zero-order chi connectivity index (χ0) is 12.8. The van der Waals surface area contributed by atoms with E-state index in [0.29, 0.717) is 0 Å². The van der Waals surface area contributed by atoms with Gasteiger partial charge in [-0.25, -0.2) is 0 Å². The van der Waals surface area contributed by atoms with Crippen LogP contribution in [0.3, 0.4) is 0 Å². The Hall–Kier alpha value is -1.96. The summed E-state index contributed by atoms with van der Waals surface area (Å²) in [5.41, 5.74) is 3.80. The van der Waals surface area contributed by atoms with Gasteiger partial charge in [-0.1, -0.05) is 29.8 Å². The van der Waals surface area contributed by atoms with Crippen LogP contribution in [-0.2, 0) is 6.42 Å². The van der Waals surface area contributed by atoms with Crippen molar-refractivity contribution in [3.05, 3.63) is 59.7 Å². The average Bonchev–Trinajstić information content (AvgIpc) is 2.42. The van der Waals surface area contributed by atoms with Gasteiger partial charge in [0, 0.05) is 12.2 Å². The maximum absolute atomic E-state index is 5.13. The second-order valence-corrected chi connectivity index (χ2v) is 4.39. The highest BCUT2D eigenvalue weighted by Gasteiger charge is 1.95. The van der Waals surface area contributed by atoms with Crippen LogP contribution in [0.2, 0.25) is 0 Å². The Morgan fingerprint density at radius 3 is 2.22 bits per heavy atom. The fourth-order valence-corrected chi connectivity index (χ4v) is 1.81. The predicted octanol–water partition coefficient (Wildman–Crippen LogP) is 3.66. The van der Waals surface area contributed by atoms with E-state index in [4.69, 9.17) is 4.74 Å². The van der Waals surface area contributed by atoms with Gasteiger partial charge in [-0.2, -0.15) is 0 Å². The third kappa shape index (κ3) is 3.52. The molecule has 0 heterocycles. The molecule has 0 fully saturated rings. The van der Waals surface area contributed by atoms with Gasteiger partial charge < -0.3 is 10.1 Å². The van der Waals surface area contributed by atoms with Crippen LogP contribution in [0.1, 0.15) is 11.1 Å². The molecule has 2 nitrogen and oxygen atoms in total. The van der Waals surface area contributed by atoms with Crippen LogP contribution < -0.4 is 10.1 Å². The Bertz CT molecular complexity index is 473. The van der Waals surface area contributed by atoms with E-state index in [1.54, 1.807) is 7.11 Å². The Kier molecular flexibility index (Phi) is 4.24. The van der Waals surface area contributed by atoms with E-state index >= 15 is 0 Å². The number of anilines is 1. The Morgan fingerprint density at radius 2 is 1.61 bits per heavy atom. The summed E-state index contributed by atoms with van der Waals surface area (Å²) in [6.45, 7) is 3.05. The van der Waals surface area contributed by atoms with Gasteiger partial charge in [-0.15, -0.1) is 0 Å². The lowest BCUT2D eigenvalue weighted by Gasteiger charge is -2.07. The molecule has 2 rings (SSSR count). The molecule has 0 spiro atoms. The summed E-state index contributed by atoms with van der Waals surface area (Å²) in [5, 5.41) is 3.40. The summed E-state index contributed by atoms with van der Waals surface area (Å²) in [6.07, 6.45) is 1.03. The van der Waals surface area contributed by atoms with Crippen LogP contribution in [0, 0.1) is 6.92 Å².